The summed E-state index contributed by atoms with van der Waals surface area (Å²) in [4.78, 5) is 27.4. The van der Waals surface area contributed by atoms with E-state index in [0.717, 1.165) is 45.9 Å². The highest BCUT2D eigenvalue weighted by molar-refractivity contribution is 5.90. The first-order valence-corrected chi connectivity index (χ1v) is 12.3. The van der Waals surface area contributed by atoms with E-state index in [1.165, 1.54) is 0 Å². The molecule has 1 N–H and O–H groups in total. The fourth-order valence-electron chi connectivity index (χ4n) is 5.54. The summed E-state index contributed by atoms with van der Waals surface area (Å²) in [6.45, 7) is 1.99. The van der Waals surface area contributed by atoms with Crippen LogP contribution in [0.25, 0.3) is 10.9 Å². The lowest BCUT2D eigenvalue weighted by Crippen LogP contribution is -2.45. The molecule has 0 saturated carbocycles. The number of aromatic nitrogens is 1. The first-order valence-electron chi connectivity index (χ1n) is 12.3. The van der Waals surface area contributed by atoms with Gasteiger partial charge in [0.05, 0.1) is 5.41 Å². The van der Waals surface area contributed by atoms with Crippen molar-refractivity contribution in [3.63, 3.8) is 0 Å². The van der Waals surface area contributed by atoms with Crippen LogP contribution in [0.15, 0.2) is 72.8 Å². The number of carbonyl (C=O) groups excluding carboxylic acids is 1. The molecule has 0 aliphatic heterocycles. The molecule has 0 saturated heterocycles. The summed E-state index contributed by atoms with van der Waals surface area (Å²) < 4.78 is 30.4. The number of carboxylic acids is 1. The summed E-state index contributed by atoms with van der Waals surface area (Å²) in [7, 11) is 0. The quantitative estimate of drug-likeness (QED) is 0.351. The molecule has 1 heterocycles. The van der Waals surface area contributed by atoms with Gasteiger partial charge < -0.3 is 14.6 Å². The molecule has 37 heavy (non-hydrogen) atoms. The minimum atomic E-state index is -0.917. The van der Waals surface area contributed by atoms with Crippen LogP contribution in [-0.2, 0) is 42.1 Å². The lowest BCUT2D eigenvalue weighted by atomic mass is 9.73. The molecular formula is C30H28F2N2O3. The molecule has 0 spiro atoms. The van der Waals surface area contributed by atoms with E-state index in [-0.39, 0.29) is 31.1 Å². The highest BCUT2D eigenvalue weighted by Gasteiger charge is 2.41. The second kappa shape index (κ2) is 9.81. The Labute approximate surface area is 213 Å². The average molecular weight is 503 g/mol. The molecule has 3 aromatic carbocycles. The molecule has 1 unspecified atom stereocenters. The fraction of sp³-hybridized carbons (Fsp3) is 0.267. The Morgan fingerprint density at radius 3 is 2.49 bits per heavy atom. The van der Waals surface area contributed by atoms with E-state index in [1.54, 1.807) is 4.90 Å². The third-order valence-electron chi connectivity index (χ3n) is 7.36. The van der Waals surface area contributed by atoms with Crippen molar-refractivity contribution in [1.82, 2.24) is 9.47 Å². The van der Waals surface area contributed by atoms with Crippen molar-refractivity contribution >= 4 is 22.8 Å². The van der Waals surface area contributed by atoms with Crippen molar-refractivity contribution in [3.8, 4) is 0 Å². The number of nitrogens with zero attached hydrogens (tertiary/aromatic N) is 2. The normalized spacial score (nSPS) is 16.9. The molecule has 0 bridgehead atoms. The summed E-state index contributed by atoms with van der Waals surface area (Å²) in [5.41, 5.74) is 3.00. The molecule has 190 valence electrons. The van der Waals surface area contributed by atoms with Crippen molar-refractivity contribution < 1.29 is 23.5 Å². The molecular weight excluding hydrogens is 474 g/mol. The first-order chi connectivity index (χ1) is 17.7. The number of hydrogen-bond donors (Lipinski definition) is 1. The third kappa shape index (κ3) is 4.86. The van der Waals surface area contributed by atoms with E-state index >= 15 is 0 Å². The van der Waals surface area contributed by atoms with E-state index in [9.17, 15) is 23.5 Å². The molecule has 0 radical (unpaired) electrons. The topological polar surface area (TPSA) is 62.5 Å². The van der Waals surface area contributed by atoms with E-state index in [2.05, 4.69) is 0 Å². The molecule has 1 aliphatic carbocycles. The van der Waals surface area contributed by atoms with E-state index in [0.29, 0.717) is 19.3 Å². The van der Waals surface area contributed by atoms with Crippen LogP contribution in [-0.4, -0.2) is 26.5 Å². The van der Waals surface area contributed by atoms with Crippen molar-refractivity contribution in [1.29, 1.82) is 0 Å². The standard InChI is InChI=1S/C30H28F2N2O3/c1-30(14-13-27-24(16-30)23-9-5-6-10-26(23)34(27)19-28(35)36)29(37)33(17-20-7-3-2-4-8-20)18-21-15-22(31)11-12-25(21)32/h2-12,15H,13-14,16-19H2,1H3,(H,35,36). The molecule has 1 amide bonds. The van der Waals surface area contributed by atoms with Gasteiger partial charge >= 0.3 is 5.97 Å². The molecule has 7 heteroatoms. The lowest BCUT2D eigenvalue weighted by Gasteiger charge is -2.38. The molecule has 1 aromatic heterocycles. The van der Waals surface area contributed by atoms with E-state index in [1.807, 2.05) is 66.1 Å². The monoisotopic (exact) mass is 502 g/mol. The molecule has 1 aliphatic rings. The Bertz CT molecular complexity index is 1480. The summed E-state index contributed by atoms with van der Waals surface area (Å²) in [5.74, 6) is -2.16. The van der Waals surface area contributed by atoms with Gasteiger partial charge in [0.15, 0.2) is 0 Å². The van der Waals surface area contributed by atoms with Gasteiger partial charge in [-0.05, 0) is 54.7 Å². The van der Waals surface area contributed by atoms with Crippen molar-refractivity contribution in [3.05, 3.63) is 107 Å². The second-order valence-electron chi connectivity index (χ2n) is 10.0. The van der Waals surface area contributed by atoms with Gasteiger partial charge in [0, 0.05) is 35.2 Å². The fourth-order valence-corrected chi connectivity index (χ4v) is 5.54. The number of fused-ring (bicyclic) bond motifs is 3. The first kappa shape index (κ1) is 24.7. The Balaban J connectivity index is 1.51. The van der Waals surface area contributed by atoms with Gasteiger partial charge in [0.2, 0.25) is 5.91 Å². The van der Waals surface area contributed by atoms with Gasteiger partial charge in [0.25, 0.3) is 0 Å². The Kier molecular flexibility index (Phi) is 6.54. The molecule has 0 fully saturated rings. The maximum Gasteiger partial charge on any atom is 0.323 e. The minimum Gasteiger partial charge on any atom is -0.480 e. The maximum atomic E-state index is 14.6. The maximum absolute atomic E-state index is 14.6. The summed E-state index contributed by atoms with van der Waals surface area (Å²) in [5, 5.41) is 10.4. The van der Waals surface area contributed by atoms with Gasteiger partial charge in [-0.1, -0.05) is 55.5 Å². The van der Waals surface area contributed by atoms with Crippen molar-refractivity contribution in [2.24, 2.45) is 5.41 Å². The smallest absolute Gasteiger partial charge is 0.323 e. The molecule has 1 atom stereocenters. The number of para-hydroxylation sites is 1. The average Bonchev–Trinajstić information content (AvgIpc) is 3.18. The third-order valence-corrected chi connectivity index (χ3v) is 7.36. The Morgan fingerprint density at radius 1 is 1.00 bits per heavy atom. The van der Waals surface area contributed by atoms with Crippen LogP contribution in [0.2, 0.25) is 0 Å². The Hall–Kier alpha value is -4.00. The highest BCUT2D eigenvalue weighted by Crippen LogP contribution is 2.42. The number of benzene rings is 3. The van der Waals surface area contributed by atoms with Crippen molar-refractivity contribution in [2.75, 3.05) is 0 Å². The number of aliphatic carboxylic acids is 1. The van der Waals surface area contributed by atoms with Crippen LogP contribution >= 0.6 is 0 Å². The van der Waals surface area contributed by atoms with Gasteiger partial charge in [-0.25, -0.2) is 8.78 Å². The largest absolute Gasteiger partial charge is 0.480 e. The number of carbonyl (C=O) groups is 2. The Morgan fingerprint density at radius 2 is 1.73 bits per heavy atom. The summed E-state index contributed by atoms with van der Waals surface area (Å²) in [6, 6.07) is 20.4. The minimum absolute atomic E-state index is 0.0550. The SMILES string of the molecule is CC1(C(=O)N(Cc2ccccc2)Cc2cc(F)ccc2F)CCc2c(c3ccccc3n2CC(=O)O)C1. The number of carboxylic acid groups (broad SMARTS) is 1. The molecule has 4 aromatic rings. The van der Waals surface area contributed by atoms with Crippen LogP contribution in [0.5, 0.6) is 0 Å². The van der Waals surface area contributed by atoms with Crippen LogP contribution in [0.1, 0.15) is 35.7 Å². The number of halogens is 2. The van der Waals surface area contributed by atoms with Crippen LogP contribution in [0, 0.1) is 17.0 Å². The van der Waals surface area contributed by atoms with Gasteiger partial charge in [0.1, 0.15) is 18.2 Å². The molecule has 5 nitrogen and oxygen atoms in total. The predicted octanol–water partition coefficient (Wildman–Crippen LogP) is 5.73. The van der Waals surface area contributed by atoms with Gasteiger partial charge in [-0.15, -0.1) is 0 Å². The second-order valence-corrected chi connectivity index (χ2v) is 10.0. The lowest BCUT2D eigenvalue weighted by molar-refractivity contribution is -0.143. The van der Waals surface area contributed by atoms with Crippen LogP contribution < -0.4 is 0 Å². The highest BCUT2D eigenvalue weighted by atomic mass is 19.1. The van der Waals surface area contributed by atoms with Crippen LogP contribution in [0.3, 0.4) is 0 Å². The summed E-state index contributed by atoms with van der Waals surface area (Å²) in [6.07, 6.45) is 1.50. The number of rotatable bonds is 7. The predicted molar refractivity (Wildman–Crippen MR) is 137 cm³/mol. The molecule has 5 rings (SSSR count). The van der Waals surface area contributed by atoms with E-state index in [4.69, 9.17) is 0 Å². The van der Waals surface area contributed by atoms with Gasteiger partial charge in [-0.3, -0.25) is 9.59 Å². The number of hydrogen-bond acceptors (Lipinski definition) is 2. The zero-order valence-electron chi connectivity index (χ0n) is 20.6. The number of amides is 1. The van der Waals surface area contributed by atoms with Crippen molar-refractivity contribution in [2.45, 2.75) is 45.8 Å². The van der Waals surface area contributed by atoms with E-state index < -0.39 is 23.0 Å². The van der Waals surface area contributed by atoms with Crippen LogP contribution in [0.4, 0.5) is 8.78 Å². The zero-order chi connectivity index (χ0) is 26.2. The van der Waals surface area contributed by atoms with Gasteiger partial charge in [-0.2, -0.15) is 0 Å². The summed E-state index contributed by atoms with van der Waals surface area (Å²) >= 11 is 0. The zero-order valence-corrected chi connectivity index (χ0v) is 20.6.